The first-order chi connectivity index (χ1) is 14.1. The minimum absolute atomic E-state index is 0. The highest BCUT2D eigenvalue weighted by atomic mass is 127. The van der Waals surface area contributed by atoms with Gasteiger partial charge in [-0.1, -0.05) is 54.6 Å². The zero-order valence-corrected chi connectivity index (χ0v) is 20.2. The van der Waals surface area contributed by atoms with Gasteiger partial charge in [0, 0.05) is 42.7 Å². The topological polar surface area (TPSA) is 43.8 Å². The maximum Gasteiger partial charge on any atom is 0.303 e. The molecule has 0 fully saturated rings. The van der Waals surface area contributed by atoms with E-state index >= 15 is 0 Å². The zero-order chi connectivity index (χ0) is 20.2. The van der Waals surface area contributed by atoms with Crippen LogP contribution in [0.1, 0.15) is 31.2 Å². The maximum atomic E-state index is 10.7. The van der Waals surface area contributed by atoms with Gasteiger partial charge in [0.05, 0.1) is 10.7 Å². The lowest BCUT2D eigenvalue weighted by molar-refractivity contribution is -0.137. The first kappa shape index (κ1) is 22.7. The summed E-state index contributed by atoms with van der Waals surface area (Å²) < 4.78 is 0. The molecule has 2 aromatic carbocycles. The number of carboxylic acids is 1. The predicted molar refractivity (Wildman–Crippen MR) is 137 cm³/mol. The summed E-state index contributed by atoms with van der Waals surface area (Å²) in [7, 11) is 2.13. The molecule has 2 aromatic rings. The molecule has 0 spiro atoms. The number of benzene rings is 2. The molecule has 0 unspecified atom stereocenters. The number of rotatable bonds is 7. The molecule has 0 saturated heterocycles. The van der Waals surface area contributed by atoms with Crippen LogP contribution in [0.15, 0.2) is 70.6 Å². The molecular weight excluding hydrogens is 507 g/mol. The number of allylic oxidation sites excluding steroid dienone is 2. The van der Waals surface area contributed by atoms with Crippen LogP contribution >= 0.6 is 35.7 Å². The molecule has 2 aliphatic rings. The summed E-state index contributed by atoms with van der Waals surface area (Å²) in [6, 6.07) is 17.1. The highest BCUT2D eigenvalue weighted by Crippen LogP contribution is 2.46. The van der Waals surface area contributed by atoms with Crippen molar-refractivity contribution in [2.75, 3.05) is 29.9 Å². The lowest BCUT2D eigenvalue weighted by Crippen LogP contribution is -2.28. The Hall–Kier alpha value is -1.93. The van der Waals surface area contributed by atoms with Crippen molar-refractivity contribution in [2.24, 2.45) is 0 Å². The molecule has 4 nitrogen and oxygen atoms in total. The number of fused-ring (bicyclic) bond motifs is 2. The van der Waals surface area contributed by atoms with E-state index in [-0.39, 0.29) is 30.4 Å². The van der Waals surface area contributed by atoms with Gasteiger partial charge in [0.15, 0.2) is 0 Å². The summed E-state index contributed by atoms with van der Waals surface area (Å²) in [6.45, 7) is 1.84. The highest BCUT2D eigenvalue weighted by Gasteiger charge is 2.23. The van der Waals surface area contributed by atoms with E-state index in [1.165, 1.54) is 32.4 Å². The second-order valence-corrected chi connectivity index (χ2v) is 8.50. The number of nitrogens with zero attached hydrogens (tertiary/aromatic N) is 2. The average molecular weight is 534 g/mol. The Morgan fingerprint density at radius 2 is 1.80 bits per heavy atom. The van der Waals surface area contributed by atoms with E-state index in [1.807, 2.05) is 11.8 Å². The van der Waals surface area contributed by atoms with E-state index in [0.717, 1.165) is 32.4 Å². The third kappa shape index (κ3) is 5.03. The van der Waals surface area contributed by atoms with Crippen LogP contribution < -0.4 is 9.80 Å². The first-order valence-corrected chi connectivity index (χ1v) is 10.9. The fourth-order valence-corrected chi connectivity index (χ4v) is 5.00. The minimum Gasteiger partial charge on any atom is -0.481 e. The summed E-state index contributed by atoms with van der Waals surface area (Å²) in [5.41, 5.74) is 5.06. The maximum absolute atomic E-state index is 10.7. The molecule has 0 saturated carbocycles. The number of para-hydroxylation sites is 2. The molecule has 4 rings (SSSR count). The predicted octanol–water partition coefficient (Wildman–Crippen LogP) is 6.24. The lowest BCUT2D eigenvalue weighted by Gasteiger charge is -2.30. The molecule has 30 heavy (non-hydrogen) atoms. The zero-order valence-electron chi connectivity index (χ0n) is 17.1. The molecule has 0 aromatic heterocycles. The van der Waals surface area contributed by atoms with Crippen LogP contribution in [0.4, 0.5) is 11.4 Å². The standard InChI is InChI=1S/C24H26N2O2S.HI/c1-25-21-11-6-7-12-22(21)29-23(25)17-18-14-16-26(15-8-2-3-13-24(27)28)20-10-5-4-9-19(18)20;/h4-7,9-12,14,17H,2-3,8,13,15-16H2,1H3,(H,27,28);1H. The smallest absolute Gasteiger partial charge is 0.303 e. The number of hydrogen-bond donors (Lipinski definition) is 1. The molecule has 0 radical (unpaired) electrons. The molecule has 0 atom stereocenters. The molecule has 0 aliphatic carbocycles. The van der Waals surface area contributed by atoms with Crippen molar-refractivity contribution < 1.29 is 9.90 Å². The van der Waals surface area contributed by atoms with Crippen LogP contribution in [-0.4, -0.2) is 31.2 Å². The van der Waals surface area contributed by atoms with Gasteiger partial charge in [-0.05, 0) is 42.7 Å². The van der Waals surface area contributed by atoms with Crippen LogP contribution in [0.5, 0.6) is 0 Å². The van der Waals surface area contributed by atoms with Gasteiger partial charge in [-0.25, -0.2) is 0 Å². The fraction of sp³-hybridized carbons (Fsp3) is 0.292. The lowest BCUT2D eigenvalue weighted by atomic mass is 9.98. The quantitative estimate of drug-likeness (QED) is 0.337. The van der Waals surface area contributed by atoms with Gasteiger partial charge in [-0.15, -0.1) is 24.0 Å². The minimum atomic E-state index is -0.703. The molecule has 158 valence electrons. The van der Waals surface area contributed by atoms with Crippen LogP contribution in [-0.2, 0) is 4.79 Å². The molecule has 2 heterocycles. The largest absolute Gasteiger partial charge is 0.481 e. The van der Waals surface area contributed by atoms with Crippen molar-refractivity contribution in [3.8, 4) is 0 Å². The summed E-state index contributed by atoms with van der Waals surface area (Å²) in [5, 5.41) is 10.0. The number of thioether (sulfide) groups is 1. The molecular formula is C24H27IN2O2S. The average Bonchev–Trinajstić information content (AvgIpc) is 3.04. The van der Waals surface area contributed by atoms with E-state index in [1.54, 1.807) is 0 Å². The Bertz CT molecular complexity index is 973. The van der Waals surface area contributed by atoms with Gasteiger partial charge in [-0.2, -0.15) is 0 Å². The summed E-state index contributed by atoms with van der Waals surface area (Å²) in [4.78, 5) is 16.6. The van der Waals surface area contributed by atoms with Crippen molar-refractivity contribution in [3.63, 3.8) is 0 Å². The monoisotopic (exact) mass is 534 g/mol. The van der Waals surface area contributed by atoms with Crippen LogP contribution in [0, 0.1) is 0 Å². The number of aliphatic carboxylic acids is 1. The Morgan fingerprint density at radius 3 is 2.57 bits per heavy atom. The number of hydrogen-bond acceptors (Lipinski definition) is 4. The fourth-order valence-electron chi connectivity index (χ4n) is 3.89. The van der Waals surface area contributed by atoms with Crippen LogP contribution in [0.3, 0.4) is 0 Å². The number of carboxylic acid groups (broad SMARTS) is 1. The third-order valence-corrected chi connectivity index (χ3v) is 6.62. The Kier molecular flexibility index (Phi) is 7.88. The second kappa shape index (κ2) is 10.4. The van der Waals surface area contributed by atoms with Crippen LogP contribution in [0.25, 0.3) is 5.57 Å². The highest BCUT2D eigenvalue weighted by molar-refractivity contribution is 14.0. The number of carbonyl (C=O) groups is 1. The first-order valence-electron chi connectivity index (χ1n) is 10.1. The normalized spacial score (nSPS) is 16.0. The van der Waals surface area contributed by atoms with Gasteiger partial charge >= 0.3 is 5.97 Å². The van der Waals surface area contributed by atoms with Crippen molar-refractivity contribution in [2.45, 2.75) is 30.6 Å². The van der Waals surface area contributed by atoms with E-state index in [9.17, 15) is 4.79 Å². The Labute approximate surface area is 199 Å². The molecule has 1 N–H and O–H groups in total. The van der Waals surface area contributed by atoms with Crippen molar-refractivity contribution >= 4 is 58.7 Å². The molecule has 0 amide bonds. The SMILES string of the molecule is CN1C(=CC2=CCN(CCCCCC(=O)O)c3ccccc32)Sc2ccccc21.I. The Balaban J connectivity index is 0.00000256. The molecule has 0 bridgehead atoms. The van der Waals surface area contributed by atoms with Gasteiger partial charge in [0.1, 0.15) is 0 Å². The third-order valence-electron chi connectivity index (χ3n) is 5.46. The summed E-state index contributed by atoms with van der Waals surface area (Å²) in [5.74, 6) is -0.703. The number of anilines is 2. The van der Waals surface area contributed by atoms with Gasteiger partial charge in [0.2, 0.25) is 0 Å². The van der Waals surface area contributed by atoms with Gasteiger partial charge in [0.25, 0.3) is 0 Å². The second-order valence-electron chi connectivity index (χ2n) is 7.44. The molecule has 2 aliphatic heterocycles. The number of halogens is 1. The van der Waals surface area contributed by atoms with Crippen molar-refractivity contribution in [1.29, 1.82) is 0 Å². The molecule has 6 heteroatoms. The van der Waals surface area contributed by atoms with E-state index < -0.39 is 5.97 Å². The van der Waals surface area contributed by atoms with E-state index in [0.29, 0.717) is 0 Å². The van der Waals surface area contributed by atoms with Crippen molar-refractivity contribution in [3.05, 3.63) is 71.3 Å². The Morgan fingerprint density at radius 1 is 1.07 bits per heavy atom. The van der Waals surface area contributed by atoms with Gasteiger partial charge < -0.3 is 14.9 Å². The summed E-state index contributed by atoms with van der Waals surface area (Å²) >= 11 is 1.82. The van der Waals surface area contributed by atoms with Crippen LogP contribution in [0.2, 0.25) is 0 Å². The van der Waals surface area contributed by atoms with Gasteiger partial charge in [-0.3, -0.25) is 4.79 Å². The van der Waals surface area contributed by atoms with E-state index in [2.05, 4.69) is 77.5 Å². The van der Waals surface area contributed by atoms with E-state index in [4.69, 9.17) is 5.11 Å². The number of unbranched alkanes of at least 4 members (excludes halogenated alkanes) is 2. The summed E-state index contributed by atoms with van der Waals surface area (Å²) in [6.07, 6.45) is 7.59. The van der Waals surface area contributed by atoms with Crippen molar-refractivity contribution in [1.82, 2.24) is 0 Å².